The minimum Gasteiger partial charge on any atom is -0.350 e. The summed E-state index contributed by atoms with van der Waals surface area (Å²) in [5, 5.41) is 5.36. The second-order valence-corrected chi connectivity index (χ2v) is 7.66. The largest absolute Gasteiger partial charge is 0.350 e. The molecule has 1 saturated heterocycles. The summed E-state index contributed by atoms with van der Waals surface area (Å²) >= 11 is 13.4. The molecule has 0 aliphatic carbocycles. The second-order valence-electron chi connectivity index (χ2n) is 5.79. The number of thioether (sulfide) groups is 1. The van der Waals surface area contributed by atoms with E-state index in [9.17, 15) is 4.79 Å². The van der Waals surface area contributed by atoms with Gasteiger partial charge in [0.1, 0.15) is 0 Å². The lowest BCUT2D eigenvalue weighted by Gasteiger charge is -2.00. The molecule has 0 saturated carbocycles. The van der Waals surface area contributed by atoms with E-state index in [1.165, 1.54) is 11.8 Å². The van der Waals surface area contributed by atoms with Crippen LogP contribution in [0.3, 0.4) is 0 Å². The molecule has 2 aromatic carbocycles. The highest BCUT2D eigenvalue weighted by molar-refractivity contribution is 8.18. The third-order valence-electron chi connectivity index (χ3n) is 4.00. The first kappa shape index (κ1) is 17.2. The number of halogens is 2. The normalized spacial score (nSPS) is 17.4. The highest BCUT2D eigenvalue weighted by Crippen LogP contribution is 2.33. The smallest absolute Gasteiger partial charge is 0.264 e. The molecule has 0 unspecified atom stereocenters. The van der Waals surface area contributed by atoms with Crippen LogP contribution in [0.2, 0.25) is 10.0 Å². The van der Waals surface area contributed by atoms with Crippen LogP contribution in [-0.4, -0.2) is 15.6 Å². The van der Waals surface area contributed by atoms with Crippen molar-refractivity contribution in [3.05, 3.63) is 69.2 Å². The van der Waals surface area contributed by atoms with Crippen LogP contribution in [0.5, 0.6) is 0 Å². The van der Waals surface area contributed by atoms with Gasteiger partial charge in [-0.3, -0.25) is 4.79 Å². The van der Waals surface area contributed by atoms with Gasteiger partial charge in [-0.25, -0.2) is 4.99 Å². The van der Waals surface area contributed by atoms with Crippen LogP contribution in [0.15, 0.2) is 58.6 Å². The van der Waals surface area contributed by atoms with E-state index in [-0.39, 0.29) is 5.91 Å². The number of amides is 1. The lowest BCUT2D eigenvalue weighted by Crippen LogP contribution is -2.19. The maximum atomic E-state index is 12.3. The van der Waals surface area contributed by atoms with Crippen molar-refractivity contribution < 1.29 is 4.79 Å². The fraction of sp³-hybridized carbons (Fsp3) is 0.0526. The van der Waals surface area contributed by atoms with Gasteiger partial charge in [0.15, 0.2) is 5.17 Å². The van der Waals surface area contributed by atoms with E-state index < -0.39 is 0 Å². The molecule has 26 heavy (non-hydrogen) atoms. The Kier molecular flexibility index (Phi) is 4.53. The molecular weight excluding hydrogens is 389 g/mol. The van der Waals surface area contributed by atoms with Gasteiger partial charge in [-0.05, 0) is 42.1 Å². The van der Waals surface area contributed by atoms with Gasteiger partial charge in [-0.15, -0.1) is 0 Å². The Morgan fingerprint density at radius 2 is 2.00 bits per heavy atom. The third-order valence-corrected chi connectivity index (χ3v) is 5.46. The lowest BCUT2D eigenvalue weighted by atomic mass is 10.1. The van der Waals surface area contributed by atoms with Crippen LogP contribution >= 0.6 is 35.0 Å². The van der Waals surface area contributed by atoms with Gasteiger partial charge in [-0.2, -0.15) is 0 Å². The Morgan fingerprint density at radius 3 is 2.85 bits per heavy atom. The molecule has 0 atom stereocenters. The van der Waals surface area contributed by atoms with E-state index in [1.54, 1.807) is 18.2 Å². The van der Waals surface area contributed by atoms with Crippen LogP contribution in [-0.2, 0) is 11.8 Å². The van der Waals surface area contributed by atoms with Crippen LogP contribution in [0.1, 0.15) is 5.56 Å². The van der Waals surface area contributed by atoms with E-state index in [2.05, 4.69) is 10.3 Å². The zero-order chi connectivity index (χ0) is 18.3. The average Bonchev–Trinajstić information content (AvgIpc) is 3.12. The molecule has 1 aromatic heterocycles. The number of hydrogen-bond acceptors (Lipinski definition) is 3. The number of nitrogens with one attached hydrogen (secondary N) is 1. The van der Waals surface area contributed by atoms with Gasteiger partial charge >= 0.3 is 0 Å². The van der Waals surface area contributed by atoms with E-state index in [0.29, 0.717) is 25.8 Å². The minimum absolute atomic E-state index is 0.181. The van der Waals surface area contributed by atoms with Crippen molar-refractivity contribution in [2.24, 2.45) is 12.0 Å². The molecule has 4 nitrogen and oxygen atoms in total. The first-order valence-corrected chi connectivity index (χ1v) is 9.37. The predicted molar refractivity (Wildman–Crippen MR) is 110 cm³/mol. The summed E-state index contributed by atoms with van der Waals surface area (Å²) in [6.45, 7) is 0. The Bertz CT molecular complexity index is 1100. The highest BCUT2D eigenvalue weighted by Gasteiger charge is 2.24. The highest BCUT2D eigenvalue weighted by atomic mass is 35.5. The molecule has 0 spiro atoms. The van der Waals surface area contributed by atoms with Gasteiger partial charge in [0.2, 0.25) is 0 Å². The molecule has 4 rings (SSSR count). The summed E-state index contributed by atoms with van der Waals surface area (Å²) in [4.78, 5) is 17.3. The molecule has 2 heterocycles. The number of hydrogen-bond donors (Lipinski definition) is 1. The van der Waals surface area contributed by atoms with Gasteiger partial charge < -0.3 is 9.88 Å². The fourth-order valence-electron chi connectivity index (χ4n) is 2.79. The minimum atomic E-state index is -0.181. The van der Waals surface area contributed by atoms with Gasteiger partial charge in [0, 0.05) is 34.7 Å². The number of carbonyl (C=O) groups is 1. The predicted octanol–water partition coefficient (Wildman–Crippen LogP) is 5.38. The monoisotopic (exact) mass is 401 g/mol. The van der Waals surface area contributed by atoms with Crippen molar-refractivity contribution in [1.29, 1.82) is 0 Å². The maximum absolute atomic E-state index is 12.3. The number of carbonyl (C=O) groups excluding carboxylic acids is 1. The molecule has 1 fully saturated rings. The number of aromatic nitrogens is 1. The number of nitrogens with zero attached hydrogens (tertiary/aromatic N) is 2. The SMILES string of the molecule is Cn1cc(/C=C2\SC(=Nc3cc(Cl)ccc3Cl)NC2=O)c2ccccc21. The van der Waals surface area contributed by atoms with Crippen molar-refractivity contribution in [1.82, 2.24) is 9.88 Å². The first-order valence-electron chi connectivity index (χ1n) is 7.80. The van der Waals surface area contributed by atoms with Crippen molar-refractivity contribution in [2.75, 3.05) is 0 Å². The molecule has 0 radical (unpaired) electrons. The van der Waals surface area contributed by atoms with Crippen LogP contribution < -0.4 is 5.32 Å². The number of fused-ring (bicyclic) bond motifs is 1. The number of para-hydroxylation sites is 1. The number of amidine groups is 1. The standard InChI is InChI=1S/C19H13Cl2N3OS/c1-24-10-11(13-4-2-3-5-16(13)24)8-17-18(25)23-19(26-17)22-15-9-12(20)6-7-14(15)21/h2-10H,1H3,(H,22,23,25)/b17-8-. The van der Waals surface area contributed by atoms with E-state index in [0.717, 1.165) is 16.5 Å². The zero-order valence-electron chi connectivity index (χ0n) is 13.7. The topological polar surface area (TPSA) is 46.4 Å². The summed E-state index contributed by atoms with van der Waals surface area (Å²) in [6.07, 6.45) is 3.89. The molecule has 1 amide bonds. The van der Waals surface area contributed by atoms with Gasteiger partial charge in [-0.1, -0.05) is 41.4 Å². The van der Waals surface area contributed by atoms with Crippen LogP contribution in [0, 0.1) is 0 Å². The molecule has 1 N–H and O–H groups in total. The quantitative estimate of drug-likeness (QED) is 0.586. The van der Waals surface area contributed by atoms with Gasteiger partial charge in [0.05, 0.1) is 15.6 Å². The first-order chi connectivity index (χ1) is 12.5. The van der Waals surface area contributed by atoms with E-state index in [4.69, 9.17) is 23.2 Å². The lowest BCUT2D eigenvalue weighted by molar-refractivity contribution is -0.115. The Hall–Kier alpha value is -2.21. The summed E-state index contributed by atoms with van der Waals surface area (Å²) in [5.74, 6) is -0.181. The number of aliphatic imine (C=N–C) groups is 1. The third kappa shape index (κ3) is 3.26. The molecule has 3 aromatic rings. The van der Waals surface area contributed by atoms with Crippen molar-refractivity contribution >= 4 is 68.7 Å². The summed E-state index contributed by atoms with van der Waals surface area (Å²) in [7, 11) is 1.99. The Morgan fingerprint density at radius 1 is 1.19 bits per heavy atom. The Balaban J connectivity index is 1.68. The maximum Gasteiger partial charge on any atom is 0.264 e. The summed E-state index contributed by atoms with van der Waals surface area (Å²) in [5.41, 5.74) is 2.62. The van der Waals surface area contributed by atoms with E-state index in [1.807, 2.05) is 48.2 Å². The number of benzene rings is 2. The molecule has 1 aliphatic rings. The summed E-state index contributed by atoms with van der Waals surface area (Å²) < 4.78 is 2.04. The molecular formula is C19H13Cl2N3OS. The van der Waals surface area contributed by atoms with Crippen LogP contribution in [0.4, 0.5) is 5.69 Å². The Labute approximate surface area is 164 Å². The van der Waals surface area contributed by atoms with Crippen molar-refractivity contribution in [3.8, 4) is 0 Å². The fourth-order valence-corrected chi connectivity index (χ4v) is 3.94. The van der Waals surface area contributed by atoms with E-state index >= 15 is 0 Å². The molecule has 1 aliphatic heterocycles. The molecule has 0 bridgehead atoms. The molecule has 130 valence electrons. The van der Waals surface area contributed by atoms with Crippen molar-refractivity contribution in [2.45, 2.75) is 0 Å². The van der Waals surface area contributed by atoms with Crippen LogP contribution in [0.25, 0.3) is 17.0 Å². The van der Waals surface area contributed by atoms with Crippen molar-refractivity contribution in [3.63, 3.8) is 0 Å². The average molecular weight is 402 g/mol. The zero-order valence-corrected chi connectivity index (χ0v) is 16.0. The molecule has 7 heteroatoms. The summed E-state index contributed by atoms with van der Waals surface area (Å²) in [6, 6.07) is 13.1. The second kappa shape index (κ2) is 6.83. The van der Waals surface area contributed by atoms with Gasteiger partial charge in [0.25, 0.3) is 5.91 Å². The number of aryl methyl sites for hydroxylation is 1. The number of rotatable bonds is 2.